The van der Waals surface area contributed by atoms with Gasteiger partial charge in [0.1, 0.15) is 36.1 Å². The van der Waals surface area contributed by atoms with Gasteiger partial charge in [-0.2, -0.15) is 0 Å². The number of aromatic nitrogens is 4. The van der Waals surface area contributed by atoms with Crippen LogP contribution in [0.25, 0.3) is 11.2 Å². The molecule has 1 saturated heterocycles. The van der Waals surface area contributed by atoms with E-state index in [9.17, 15) is 25.5 Å². The summed E-state index contributed by atoms with van der Waals surface area (Å²) in [5.41, 5.74) is 1.41. The number of fused-ring (bicyclic) bond motifs is 1. The van der Waals surface area contributed by atoms with Crippen LogP contribution in [0, 0.1) is 0 Å². The van der Waals surface area contributed by atoms with Crippen LogP contribution in [0.5, 0.6) is 11.5 Å². The van der Waals surface area contributed by atoms with Crippen molar-refractivity contribution >= 4 is 17.0 Å². The largest absolute Gasteiger partial charge is 0.508 e. The number of aliphatic hydroxyl groups is 3. The first-order valence-electron chi connectivity index (χ1n) is 8.53. The van der Waals surface area contributed by atoms with Crippen LogP contribution in [0.1, 0.15) is 11.8 Å². The molecule has 6 N–H and O–H groups in total. The molecule has 2 aromatic heterocycles. The fourth-order valence-corrected chi connectivity index (χ4v) is 3.22. The molecule has 0 spiro atoms. The zero-order chi connectivity index (χ0) is 19.8. The van der Waals surface area contributed by atoms with Crippen molar-refractivity contribution in [3.05, 3.63) is 36.4 Å². The van der Waals surface area contributed by atoms with Gasteiger partial charge in [0.05, 0.1) is 12.9 Å². The van der Waals surface area contributed by atoms with Crippen LogP contribution in [0.3, 0.4) is 0 Å². The highest BCUT2D eigenvalue weighted by atomic mass is 16.6. The lowest BCUT2D eigenvalue weighted by atomic mass is 10.1. The van der Waals surface area contributed by atoms with Crippen LogP contribution in [-0.2, 0) is 11.3 Å². The normalized spacial score (nSPS) is 24.7. The Morgan fingerprint density at radius 1 is 1.04 bits per heavy atom. The third-order valence-corrected chi connectivity index (χ3v) is 4.57. The van der Waals surface area contributed by atoms with Crippen LogP contribution in [0.4, 0.5) is 5.82 Å². The molecule has 0 saturated carbocycles. The average molecular weight is 389 g/mol. The Hall–Kier alpha value is -2.99. The lowest BCUT2D eigenvalue weighted by Gasteiger charge is -2.16. The molecule has 4 atom stereocenters. The predicted octanol–water partition coefficient (Wildman–Crippen LogP) is -0.539. The smallest absolute Gasteiger partial charge is 0.167 e. The number of hydrogen-bond acceptors (Lipinski definition) is 10. The maximum Gasteiger partial charge on any atom is 0.167 e. The number of phenols is 2. The summed E-state index contributed by atoms with van der Waals surface area (Å²) in [4.78, 5) is 12.6. The van der Waals surface area contributed by atoms with Gasteiger partial charge in [0.2, 0.25) is 0 Å². The van der Waals surface area contributed by atoms with E-state index in [-0.39, 0.29) is 18.0 Å². The van der Waals surface area contributed by atoms with Gasteiger partial charge in [0.15, 0.2) is 23.2 Å². The van der Waals surface area contributed by atoms with Gasteiger partial charge in [-0.25, -0.2) is 15.0 Å². The third-order valence-electron chi connectivity index (χ3n) is 4.57. The van der Waals surface area contributed by atoms with E-state index in [1.165, 1.54) is 35.4 Å². The lowest BCUT2D eigenvalue weighted by Crippen LogP contribution is -2.33. The quantitative estimate of drug-likeness (QED) is 0.334. The Morgan fingerprint density at radius 2 is 1.79 bits per heavy atom. The number of hydrogen-bond donors (Lipinski definition) is 6. The van der Waals surface area contributed by atoms with E-state index in [1.807, 2.05) is 0 Å². The number of nitrogens with one attached hydrogen (secondary N) is 1. The molecule has 0 radical (unpaired) electrons. The zero-order valence-electron chi connectivity index (χ0n) is 14.5. The zero-order valence-corrected chi connectivity index (χ0v) is 14.5. The Morgan fingerprint density at radius 3 is 2.46 bits per heavy atom. The minimum Gasteiger partial charge on any atom is -0.508 e. The van der Waals surface area contributed by atoms with Crippen LogP contribution < -0.4 is 5.32 Å². The first-order chi connectivity index (χ1) is 13.5. The molecule has 1 aliphatic rings. The second-order valence-electron chi connectivity index (χ2n) is 6.49. The molecule has 3 heterocycles. The van der Waals surface area contributed by atoms with Crippen molar-refractivity contribution in [2.45, 2.75) is 31.1 Å². The number of nitrogens with zero attached hydrogens (tertiary/aromatic N) is 4. The molecule has 148 valence electrons. The van der Waals surface area contributed by atoms with Gasteiger partial charge in [-0.1, -0.05) is 0 Å². The molecule has 11 heteroatoms. The Labute approximate surface area is 158 Å². The molecule has 0 bridgehead atoms. The number of imidazole rings is 1. The number of benzene rings is 1. The molecule has 0 unspecified atom stereocenters. The highest BCUT2D eigenvalue weighted by molar-refractivity contribution is 5.82. The molecule has 28 heavy (non-hydrogen) atoms. The number of phenolic OH excluding ortho intramolecular Hbond substituents is 2. The molecule has 3 aromatic rings. The summed E-state index contributed by atoms with van der Waals surface area (Å²) in [6.45, 7) is -0.172. The topological polar surface area (TPSA) is 166 Å². The maximum absolute atomic E-state index is 10.2. The average Bonchev–Trinajstić information content (AvgIpc) is 3.21. The summed E-state index contributed by atoms with van der Waals surface area (Å²) in [7, 11) is 0. The number of aromatic hydroxyl groups is 2. The molecule has 0 aliphatic carbocycles. The van der Waals surface area contributed by atoms with Gasteiger partial charge in [0, 0.05) is 12.6 Å². The minimum atomic E-state index is -1.25. The van der Waals surface area contributed by atoms with Gasteiger partial charge in [0.25, 0.3) is 0 Å². The maximum atomic E-state index is 10.2. The van der Waals surface area contributed by atoms with Gasteiger partial charge >= 0.3 is 0 Å². The molecule has 1 fully saturated rings. The van der Waals surface area contributed by atoms with Gasteiger partial charge in [-0.3, -0.25) is 4.57 Å². The van der Waals surface area contributed by atoms with Crippen molar-refractivity contribution in [1.29, 1.82) is 0 Å². The monoisotopic (exact) mass is 389 g/mol. The fraction of sp³-hybridized carbons (Fsp3) is 0.353. The van der Waals surface area contributed by atoms with Gasteiger partial charge in [-0.15, -0.1) is 0 Å². The van der Waals surface area contributed by atoms with Crippen molar-refractivity contribution < 1.29 is 30.3 Å². The summed E-state index contributed by atoms with van der Waals surface area (Å²) in [5.74, 6) is 0.287. The number of aliphatic hydroxyl groups excluding tert-OH is 3. The third kappa shape index (κ3) is 3.20. The highest BCUT2D eigenvalue weighted by Gasteiger charge is 2.44. The van der Waals surface area contributed by atoms with E-state index in [2.05, 4.69) is 20.3 Å². The summed E-state index contributed by atoms with van der Waals surface area (Å²) >= 11 is 0. The van der Waals surface area contributed by atoms with E-state index in [1.54, 1.807) is 0 Å². The Balaban J connectivity index is 1.60. The molecule has 1 aliphatic heterocycles. The SMILES string of the molecule is OC[C@H]1O[C@@H](n2cnc3c(NCc4cc(O)cc(O)c4)ncnc32)[C@@H](O)[C@@H]1O. The molecular formula is C17H19N5O6. The second kappa shape index (κ2) is 7.20. The van der Waals surface area contributed by atoms with Crippen molar-refractivity contribution in [2.24, 2.45) is 0 Å². The number of anilines is 1. The molecule has 4 rings (SSSR count). The lowest BCUT2D eigenvalue weighted by molar-refractivity contribution is -0.0511. The predicted molar refractivity (Wildman–Crippen MR) is 95.4 cm³/mol. The Kier molecular flexibility index (Phi) is 4.73. The first kappa shape index (κ1) is 18.4. The van der Waals surface area contributed by atoms with Gasteiger partial charge < -0.3 is 35.6 Å². The second-order valence-corrected chi connectivity index (χ2v) is 6.49. The summed E-state index contributed by atoms with van der Waals surface area (Å²) < 4.78 is 6.98. The molecular weight excluding hydrogens is 370 g/mol. The van der Waals surface area contributed by atoms with E-state index in [4.69, 9.17) is 4.74 Å². The van der Waals surface area contributed by atoms with Crippen LogP contribution in [0.15, 0.2) is 30.9 Å². The molecule has 11 nitrogen and oxygen atoms in total. The van der Waals surface area contributed by atoms with E-state index in [0.717, 1.165) is 0 Å². The molecule has 1 aromatic carbocycles. The number of ether oxygens (including phenoxy) is 1. The van der Waals surface area contributed by atoms with E-state index < -0.39 is 31.1 Å². The van der Waals surface area contributed by atoms with Gasteiger partial charge in [-0.05, 0) is 17.7 Å². The standard InChI is InChI=1S/C17H19N5O6/c23-5-11-13(26)14(27)17(28-11)22-7-21-12-15(19-6-20-16(12)22)18-4-8-1-9(24)3-10(25)2-8/h1-3,6-7,11,13-14,17,23-27H,4-5H2,(H,18,19,20)/t11-,13-,14+,17-/m1/s1. The van der Waals surface area contributed by atoms with Crippen LogP contribution in [-0.4, -0.2) is 70.0 Å². The van der Waals surface area contributed by atoms with E-state index >= 15 is 0 Å². The van der Waals surface area contributed by atoms with Crippen molar-refractivity contribution in [2.75, 3.05) is 11.9 Å². The fourth-order valence-electron chi connectivity index (χ4n) is 3.22. The Bertz CT molecular complexity index is 975. The van der Waals surface area contributed by atoms with Crippen molar-refractivity contribution in [3.8, 4) is 11.5 Å². The van der Waals surface area contributed by atoms with E-state index in [0.29, 0.717) is 22.5 Å². The first-order valence-corrected chi connectivity index (χ1v) is 8.53. The summed E-state index contributed by atoms with van der Waals surface area (Å²) in [6.07, 6.45) is -1.63. The van der Waals surface area contributed by atoms with Crippen LogP contribution in [0.2, 0.25) is 0 Å². The summed E-state index contributed by atoms with van der Waals surface area (Å²) in [5, 5.41) is 51.6. The van der Waals surface area contributed by atoms with Crippen molar-refractivity contribution in [1.82, 2.24) is 19.5 Å². The molecule has 0 amide bonds. The summed E-state index contributed by atoms with van der Waals surface area (Å²) in [6, 6.07) is 4.24. The number of rotatable bonds is 5. The highest BCUT2D eigenvalue weighted by Crippen LogP contribution is 2.32. The van der Waals surface area contributed by atoms with Crippen LogP contribution >= 0.6 is 0 Å². The van der Waals surface area contributed by atoms with Crippen molar-refractivity contribution in [3.63, 3.8) is 0 Å². The minimum absolute atomic E-state index is 0.0572.